The second-order valence-corrected chi connectivity index (χ2v) is 7.16. The highest BCUT2D eigenvalue weighted by atomic mass is 16.4. The summed E-state index contributed by atoms with van der Waals surface area (Å²) in [5.41, 5.74) is 2.01. The third kappa shape index (κ3) is 2.56. The Morgan fingerprint density at radius 3 is 2.60 bits per heavy atom. The Bertz CT molecular complexity index is 944. The van der Waals surface area contributed by atoms with Crippen LogP contribution in [0.25, 0.3) is 5.69 Å². The second kappa shape index (κ2) is 5.45. The van der Waals surface area contributed by atoms with E-state index in [1.807, 2.05) is 26.8 Å². The van der Waals surface area contributed by atoms with Gasteiger partial charge in [-0.25, -0.2) is 9.78 Å². The van der Waals surface area contributed by atoms with E-state index in [1.54, 1.807) is 17.7 Å². The molecule has 2 aromatic rings. The van der Waals surface area contributed by atoms with E-state index in [1.165, 1.54) is 11.2 Å². The first kappa shape index (κ1) is 16.7. The number of nitriles is 1. The highest BCUT2D eigenvalue weighted by molar-refractivity contribution is 6.01. The molecule has 25 heavy (non-hydrogen) atoms. The molecule has 1 aromatic carbocycles. The van der Waals surface area contributed by atoms with Gasteiger partial charge in [0.15, 0.2) is 5.69 Å². The number of carboxylic acid groups (broad SMARTS) is 1. The molecule has 0 saturated heterocycles. The van der Waals surface area contributed by atoms with Crippen LogP contribution >= 0.6 is 0 Å². The topological polar surface area (TPSA) is 99.2 Å². The Morgan fingerprint density at radius 1 is 1.36 bits per heavy atom. The van der Waals surface area contributed by atoms with Crippen molar-refractivity contribution >= 4 is 11.9 Å². The number of carboxylic acids is 1. The fourth-order valence-corrected chi connectivity index (χ4v) is 2.96. The number of amides is 1. The molecule has 0 fully saturated rings. The lowest BCUT2D eigenvalue weighted by Gasteiger charge is -2.22. The summed E-state index contributed by atoms with van der Waals surface area (Å²) < 4.78 is 1.61. The number of rotatable bonds is 1. The van der Waals surface area contributed by atoms with Crippen LogP contribution in [0.4, 0.5) is 0 Å². The van der Waals surface area contributed by atoms with Crippen LogP contribution in [-0.4, -0.2) is 38.5 Å². The minimum Gasteiger partial charge on any atom is -0.476 e. The Balaban J connectivity index is 2.42. The molecule has 0 spiro atoms. The number of carbonyl (C=O) groups excluding carboxylic acids is 1. The number of carbonyl (C=O) groups is 2. The van der Waals surface area contributed by atoms with E-state index < -0.39 is 5.97 Å². The summed E-state index contributed by atoms with van der Waals surface area (Å²) >= 11 is 0. The molecule has 1 aliphatic rings. The first-order valence-corrected chi connectivity index (χ1v) is 7.79. The number of benzene rings is 1. The molecule has 0 unspecified atom stereocenters. The van der Waals surface area contributed by atoms with Crippen molar-refractivity contribution in [3.8, 4) is 11.8 Å². The zero-order chi connectivity index (χ0) is 18.5. The largest absolute Gasteiger partial charge is 0.476 e. The molecule has 0 bridgehead atoms. The van der Waals surface area contributed by atoms with Gasteiger partial charge in [-0.15, -0.1) is 0 Å². The van der Waals surface area contributed by atoms with Crippen molar-refractivity contribution in [1.29, 1.82) is 5.26 Å². The van der Waals surface area contributed by atoms with Gasteiger partial charge in [0.25, 0.3) is 5.91 Å². The van der Waals surface area contributed by atoms with Gasteiger partial charge >= 0.3 is 5.97 Å². The van der Waals surface area contributed by atoms with E-state index in [9.17, 15) is 20.0 Å². The van der Waals surface area contributed by atoms with Crippen molar-refractivity contribution in [3.63, 3.8) is 0 Å². The van der Waals surface area contributed by atoms with Gasteiger partial charge in [0, 0.05) is 7.05 Å². The van der Waals surface area contributed by atoms with Gasteiger partial charge in [-0.3, -0.25) is 9.36 Å². The summed E-state index contributed by atoms with van der Waals surface area (Å²) in [6.07, 6.45) is 1.40. The van der Waals surface area contributed by atoms with Crippen LogP contribution in [0.15, 0.2) is 18.5 Å². The molecule has 1 N–H and O–H groups in total. The summed E-state index contributed by atoms with van der Waals surface area (Å²) in [6, 6.07) is 5.67. The van der Waals surface area contributed by atoms with Gasteiger partial charge in [-0.1, -0.05) is 20.8 Å². The predicted molar refractivity (Wildman–Crippen MR) is 89.7 cm³/mol. The maximum absolute atomic E-state index is 12.8. The van der Waals surface area contributed by atoms with Gasteiger partial charge < -0.3 is 10.0 Å². The van der Waals surface area contributed by atoms with E-state index in [-0.39, 0.29) is 34.7 Å². The molecule has 1 aromatic heterocycles. The molecular formula is C18H18N4O3. The molecule has 1 amide bonds. The molecular weight excluding hydrogens is 320 g/mol. The van der Waals surface area contributed by atoms with Crippen molar-refractivity contribution in [2.24, 2.45) is 0 Å². The molecule has 7 heteroatoms. The SMILES string of the molecule is CN1Cc2c(C(=O)O)ncn2-c2cc(C(C)(C)C)cc(C#N)c2C1=O. The molecule has 0 radical (unpaired) electrons. The van der Waals surface area contributed by atoms with Crippen LogP contribution in [-0.2, 0) is 12.0 Å². The molecule has 0 aliphatic carbocycles. The summed E-state index contributed by atoms with van der Waals surface area (Å²) in [5.74, 6) is -1.46. The Labute approximate surface area is 145 Å². The fourth-order valence-electron chi connectivity index (χ4n) is 2.96. The molecule has 0 saturated carbocycles. The molecule has 2 heterocycles. The Morgan fingerprint density at radius 2 is 2.04 bits per heavy atom. The van der Waals surface area contributed by atoms with Gasteiger partial charge in [-0.2, -0.15) is 5.26 Å². The number of nitrogens with zero attached hydrogens (tertiary/aromatic N) is 4. The van der Waals surface area contributed by atoms with Crippen molar-refractivity contribution in [2.45, 2.75) is 32.7 Å². The minimum absolute atomic E-state index is 0.0906. The van der Waals surface area contributed by atoms with Gasteiger partial charge in [0.1, 0.15) is 12.4 Å². The van der Waals surface area contributed by atoms with Crippen LogP contribution in [0.3, 0.4) is 0 Å². The highest BCUT2D eigenvalue weighted by Gasteiger charge is 2.31. The maximum atomic E-state index is 12.8. The lowest BCUT2D eigenvalue weighted by atomic mass is 9.84. The zero-order valence-corrected chi connectivity index (χ0v) is 14.5. The Hall–Kier alpha value is -3.14. The number of aromatic carboxylic acids is 1. The monoisotopic (exact) mass is 338 g/mol. The molecule has 128 valence electrons. The summed E-state index contributed by atoms with van der Waals surface area (Å²) in [6.45, 7) is 6.14. The van der Waals surface area contributed by atoms with Crippen LogP contribution in [0, 0.1) is 11.3 Å². The number of imidazole rings is 1. The third-order valence-corrected chi connectivity index (χ3v) is 4.38. The molecule has 1 aliphatic heterocycles. The van der Waals surface area contributed by atoms with Gasteiger partial charge in [0.05, 0.1) is 29.1 Å². The number of fused-ring (bicyclic) bond motifs is 3. The van der Waals surface area contributed by atoms with Crippen molar-refractivity contribution < 1.29 is 14.7 Å². The lowest BCUT2D eigenvalue weighted by molar-refractivity contribution is 0.0683. The van der Waals surface area contributed by atoms with E-state index in [2.05, 4.69) is 11.1 Å². The lowest BCUT2D eigenvalue weighted by Crippen LogP contribution is -2.26. The van der Waals surface area contributed by atoms with Gasteiger partial charge in [-0.05, 0) is 23.1 Å². The smallest absolute Gasteiger partial charge is 0.356 e. The zero-order valence-electron chi connectivity index (χ0n) is 14.5. The van der Waals surface area contributed by atoms with Crippen LogP contribution in [0.2, 0.25) is 0 Å². The van der Waals surface area contributed by atoms with Crippen molar-refractivity contribution in [1.82, 2.24) is 14.5 Å². The summed E-state index contributed by atoms with van der Waals surface area (Å²) in [4.78, 5) is 29.7. The molecule has 3 rings (SSSR count). The highest BCUT2D eigenvalue weighted by Crippen LogP contribution is 2.33. The standard InChI is InChI=1S/C18H18N4O3/c1-18(2,3)11-5-10(7-19)14-12(6-11)22-9-20-15(17(24)25)13(22)8-21(4)16(14)23/h5-6,9H,8H2,1-4H3,(H,24,25). The van der Waals surface area contributed by atoms with Crippen molar-refractivity contribution in [3.05, 3.63) is 46.5 Å². The third-order valence-electron chi connectivity index (χ3n) is 4.38. The number of hydrogen-bond acceptors (Lipinski definition) is 4. The van der Waals surface area contributed by atoms with Crippen LogP contribution < -0.4 is 0 Å². The second-order valence-electron chi connectivity index (χ2n) is 7.16. The van der Waals surface area contributed by atoms with Crippen molar-refractivity contribution in [2.75, 3.05) is 7.05 Å². The Kier molecular flexibility index (Phi) is 3.64. The summed E-state index contributed by atoms with van der Waals surface area (Å²) in [5, 5.41) is 19.0. The maximum Gasteiger partial charge on any atom is 0.356 e. The van der Waals surface area contributed by atoms with Gasteiger partial charge in [0.2, 0.25) is 0 Å². The van der Waals surface area contributed by atoms with E-state index in [4.69, 9.17) is 0 Å². The number of aromatic nitrogens is 2. The normalized spacial score (nSPS) is 13.7. The van der Waals surface area contributed by atoms with E-state index in [0.717, 1.165) is 5.56 Å². The number of hydrogen-bond donors (Lipinski definition) is 1. The minimum atomic E-state index is -1.15. The first-order valence-electron chi connectivity index (χ1n) is 7.79. The summed E-state index contributed by atoms with van der Waals surface area (Å²) in [7, 11) is 1.58. The average molecular weight is 338 g/mol. The van der Waals surface area contributed by atoms with Crippen LogP contribution in [0.5, 0.6) is 0 Å². The predicted octanol–water partition coefficient (Wildman–Crippen LogP) is 2.33. The quantitative estimate of drug-likeness (QED) is 0.860. The average Bonchev–Trinajstić information content (AvgIpc) is 2.91. The van der Waals surface area contributed by atoms with E-state index >= 15 is 0 Å². The molecule has 7 nitrogen and oxygen atoms in total. The fraction of sp³-hybridized carbons (Fsp3) is 0.333. The van der Waals surface area contributed by atoms with E-state index in [0.29, 0.717) is 11.4 Å². The first-order chi connectivity index (χ1) is 11.6. The van der Waals surface area contributed by atoms with Crippen LogP contribution in [0.1, 0.15) is 58.4 Å². The molecule has 0 atom stereocenters.